The molecule has 2 heterocycles. The van der Waals surface area contributed by atoms with E-state index in [4.69, 9.17) is 5.73 Å². The molecule has 1 saturated heterocycles. The zero-order valence-corrected chi connectivity index (χ0v) is 10.8. The Morgan fingerprint density at radius 3 is 2.72 bits per heavy atom. The van der Waals surface area contributed by atoms with Gasteiger partial charge in [-0.05, 0) is 32.0 Å². The third kappa shape index (κ3) is 1.90. The molecule has 2 atom stereocenters. The van der Waals surface area contributed by atoms with Gasteiger partial charge in [-0.3, -0.25) is 5.10 Å². The minimum Gasteiger partial charge on any atom is -0.399 e. The Bertz CT molecular complexity index is 552. The van der Waals surface area contributed by atoms with Gasteiger partial charge in [0, 0.05) is 36.2 Å². The summed E-state index contributed by atoms with van der Waals surface area (Å²) in [6, 6.07) is 6.86. The summed E-state index contributed by atoms with van der Waals surface area (Å²) in [4.78, 5) is 2.33. The Kier molecular flexibility index (Phi) is 2.63. The molecule has 1 aromatic carbocycles. The summed E-state index contributed by atoms with van der Waals surface area (Å²) in [5.74, 6) is 1.03. The molecule has 18 heavy (non-hydrogen) atoms. The predicted octanol–water partition coefficient (Wildman–Crippen LogP) is 1.33. The van der Waals surface area contributed by atoms with Gasteiger partial charge >= 0.3 is 0 Å². The van der Waals surface area contributed by atoms with Crippen LogP contribution in [0.4, 0.5) is 11.5 Å². The van der Waals surface area contributed by atoms with Crippen LogP contribution in [0.15, 0.2) is 18.2 Å². The van der Waals surface area contributed by atoms with E-state index in [1.807, 2.05) is 18.2 Å². The standard InChI is InChI=1S/C13H19N5/c1-8-6-18(7-9(2)15-8)13-11-4-3-10(14)5-12(11)16-17-13/h3-5,8-9,15H,6-7,14H2,1-2H3,(H,16,17)/t8-,9+. The van der Waals surface area contributed by atoms with Crippen molar-refractivity contribution in [2.45, 2.75) is 25.9 Å². The number of nitrogen functional groups attached to an aromatic ring is 1. The van der Waals surface area contributed by atoms with Crippen molar-refractivity contribution in [2.24, 2.45) is 0 Å². The lowest BCUT2D eigenvalue weighted by molar-refractivity contribution is 0.405. The Labute approximate surface area is 106 Å². The Balaban J connectivity index is 1.98. The van der Waals surface area contributed by atoms with E-state index in [9.17, 15) is 0 Å². The number of nitrogens with two attached hydrogens (primary N) is 1. The Morgan fingerprint density at radius 1 is 1.28 bits per heavy atom. The largest absolute Gasteiger partial charge is 0.399 e. The highest BCUT2D eigenvalue weighted by atomic mass is 15.3. The molecule has 0 unspecified atom stereocenters. The number of nitrogens with zero attached hydrogens (tertiary/aromatic N) is 2. The fraction of sp³-hybridized carbons (Fsp3) is 0.462. The minimum atomic E-state index is 0.481. The number of anilines is 2. The topological polar surface area (TPSA) is 70.0 Å². The lowest BCUT2D eigenvalue weighted by atomic mass is 10.1. The molecule has 3 rings (SSSR count). The third-order valence-corrected chi connectivity index (χ3v) is 3.42. The summed E-state index contributed by atoms with van der Waals surface area (Å²) in [6.07, 6.45) is 0. The first-order valence-corrected chi connectivity index (χ1v) is 6.38. The first kappa shape index (κ1) is 11.3. The zero-order valence-electron chi connectivity index (χ0n) is 10.8. The van der Waals surface area contributed by atoms with E-state index in [1.165, 1.54) is 0 Å². The summed E-state index contributed by atoms with van der Waals surface area (Å²) >= 11 is 0. The van der Waals surface area contributed by atoms with Gasteiger partial charge in [-0.2, -0.15) is 5.10 Å². The van der Waals surface area contributed by atoms with Crippen LogP contribution in [0.5, 0.6) is 0 Å². The molecule has 4 N–H and O–H groups in total. The number of benzene rings is 1. The van der Waals surface area contributed by atoms with Crippen LogP contribution in [-0.2, 0) is 0 Å². The third-order valence-electron chi connectivity index (χ3n) is 3.42. The van der Waals surface area contributed by atoms with Crippen molar-refractivity contribution in [3.63, 3.8) is 0 Å². The molecule has 0 bridgehead atoms. The molecular weight excluding hydrogens is 226 g/mol. The van der Waals surface area contributed by atoms with Crippen LogP contribution in [0.1, 0.15) is 13.8 Å². The Hall–Kier alpha value is -1.75. The van der Waals surface area contributed by atoms with Crippen LogP contribution in [0, 0.1) is 0 Å². The lowest BCUT2D eigenvalue weighted by Gasteiger charge is -2.36. The summed E-state index contributed by atoms with van der Waals surface area (Å²) in [6.45, 7) is 6.37. The van der Waals surface area contributed by atoms with E-state index >= 15 is 0 Å². The summed E-state index contributed by atoms with van der Waals surface area (Å²) in [5.41, 5.74) is 7.55. The van der Waals surface area contributed by atoms with Crippen LogP contribution >= 0.6 is 0 Å². The molecule has 1 fully saturated rings. The molecular formula is C13H19N5. The molecule has 2 aromatic rings. The van der Waals surface area contributed by atoms with Gasteiger partial charge in [-0.15, -0.1) is 0 Å². The van der Waals surface area contributed by atoms with Crippen molar-refractivity contribution >= 4 is 22.4 Å². The second kappa shape index (κ2) is 4.17. The zero-order chi connectivity index (χ0) is 12.7. The lowest BCUT2D eigenvalue weighted by Crippen LogP contribution is -2.54. The molecule has 1 aliphatic rings. The van der Waals surface area contributed by atoms with E-state index in [1.54, 1.807) is 0 Å². The number of fused-ring (bicyclic) bond motifs is 1. The highest BCUT2D eigenvalue weighted by Crippen LogP contribution is 2.26. The van der Waals surface area contributed by atoms with Crippen molar-refractivity contribution in [3.8, 4) is 0 Å². The summed E-state index contributed by atoms with van der Waals surface area (Å²) in [7, 11) is 0. The molecule has 0 spiro atoms. The number of rotatable bonds is 1. The van der Waals surface area contributed by atoms with Crippen molar-refractivity contribution in [2.75, 3.05) is 23.7 Å². The van der Waals surface area contributed by atoms with Gasteiger partial charge in [0.05, 0.1) is 5.52 Å². The number of H-pyrrole nitrogens is 1. The van der Waals surface area contributed by atoms with Crippen LogP contribution < -0.4 is 16.0 Å². The number of hydrogen-bond acceptors (Lipinski definition) is 4. The van der Waals surface area contributed by atoms with Gasteiger partial charge < -0.3 is 16.0 Å². The van der Waals surface area contributed by atoms with Gasteiger partial charge in [-0.25, -0.2) is 0 Å². The average molecular weight is 245 g/mol. The maximum absolute atomic E-state index is 5.78. The van der Waals surface area contributed by atoms with Crippen molar-refractivity contribution in [3.05, 3.63) is 18.2 Å². The number of aromatic amines is 1. The highest BCUT2D eigenvalue weighted by molar-refractivity contribution is 5.92. The first-order chi connectivity index (χ1) is 8.63. The molecule has 0 amide bonds. The molecule has 0 saturated carbocycles. The van der Waals surface area contributed by atoms with Crippen LogP contribution in [0.25, 0.3) is 10.9 Å². The quantitative estimate of drug-likeness (QED) is 0.663. The van der Waals surface area contributed by atoms with Crippen molar-refractivity contribution in [1.82, 2.24) is 15.5 Å². The van der Waals surface area contributed by atoms with E-state index in [0.717, 1.165) is 35.5 Å². The predicted molar refractivity (Wildman–Crippen MR) is 74.8 cm³/mol. The Morgan fingerprint density at radius 2 is 2.00 bits per heavy atom. The smallest absolute Gasteiger partial charge is 0.158 e. The highest BCUT2D eigenvalue weighted by Gasteiger charge is 2.23. The average Bonchev–Trinajstić information content (AvgIpc) is 2.70. The normalized spacial score (nSPS) is 24.7. The van der Waals surface area contributed by atoms with Crippen LogP contribution in [-0.4, -0.2) is 35.4 Å². The van der Waals surface area contributed by atoms with Gasteiger partial charge in [0.15, 0.2) is 5.82 Å². The van der Waals surface area contributed by atoms with Gasteiger partial charge in [0.2, 0.25) is 0 Å². The van der Waals surface area contributed by atoms with Crippen molar-refractivity contribution < 1.29 is 0 Å². The molecule has 5 nitrogen and oxygen atoms in total. The number of piperazine rings is 1. The van der Waals surface area contributed by atoms with E-state index in [-0.39, 0.29) is 0 Å². The number of aromatic nitrogens is 2. The van der Waals surface area contributed by atoms with Crippen molar-refractivity contribution in [1.29, 1.82) is 0 Å². The van der Waals surface area contributed by atoms with E-state index < -0.39 is 0 Å². The first-order valence-electron chi connectivity index (χ1n) is 6.38. The van der Waals surface area contributed by atoms with Gasteiger partial charge in [0.1, 0.15) is 0 Å². The summed E-state index contributed by atoms with van der Waals surface area (Å²) in [5, 5.41) is 12.2. The molecule has 0 aliphatic carbocycles. The summed E-state index contributed by atoms with van der Waals surface area (Å²) < 4.78 is 0. The molecule has 5 heteroatoms. The second-order valence-corrected chi connectivity index (χ2v) is 5.23. The molecule has 96 valence electrons. The second-order valence-electron chi connectivity index (χ2n) is 5.23. The molecule has 1 aliphatic heterocycles. The van der Waals surface area contributed by atoms with Crippen LogP contribution in [0.2, 0.25) is 0 Å². The maximum atomic E-state index is 5.78. The maximum Gasteiger partial charge on any atom is 0.158 e. The fourth-order valence-electron chi connectivity index (χ4n) is 2.76. The minimum absolute atomic E-state index is 0.481. The van der Waals surface area contributed by atoms with Gasteiger partial charge in [-0.1, -0.05) is 0 Å². The number of hydrogen-bond donors (Lipinski definition) is 3. The van der Waals surface area contributed by atoms with E-state index in [2.05, 4.69) is 34.3 Å². The molecule has 1 aromatic heterocycles. The molecule has 0 radical (unpaired) electrons. The number of nitrogens with one attached hydrogen (secondary N) is 2. The SMILES string of the molecule is C[C@@H]1CN(c2n[nH]c3cc(N)ccc23)C[C@H](C)N1. The van der Waals surface area contributed by atoms with E-state index in [0.29, 0.717) is 12.1 Å². The van der Waals surface area contributed by atoms with Crippen LogP contribution in [0.3, 0.4) is 0 Å². The fourth-order valence-corrected chi connectivity index (χ4v) is 2.76. The monoisotopic (exact) mass is 245 g/mol. The van der Waals surface area contributed by atoms with Gasteiger partial charge in [0.25, 0.3) is 0 Å².